The van der Waals surface area contributed by atoms with E-state index in [0.29, 0.717) is 11.3 Å². The summed E-state index contributed by atoms with van der Waals surface area (Å²) in [6, 6.07) is 9.73. The number of anilines is 1. The smallest absolute Gasteiger partial charge is 0.331 e. The van der Waals surface area contributed by atoms with E-state index in [-0.39, 0.29) is 10.7 Å². The second-order valence-electron chi connectivity index (χ2n) is 5.72. The van der Waals surface area contributed by atoms with Crippen LogP contribution < -0.4 is 5.32 Å². The average molecular weight is 389 g/mol. The van der Waals surface area contributed by atoms with Gasteiger partial charge in [-0.05, 0) is 42.7 Å². The van der Waals surface area contributed by atoms with E-state index < -0.39 is 23.4 Å². The van der Waals surface area contributed by atoms with E-state index in [2.05, 4.69) is 5.32 Å². The summed E-state index contributed by atoms with van der Waals surface area (Å²) in [5.41, 5.74) is 2.63. The number of rotatable bonds is 6. The van der Waals surface area contributed by atoms with Crippen molar-refractivity contribution in [2.24, 2.45) is 0 Å². The molecule has 1 amide bonds. The van der Waals surface area contributed by atoms with Gasteiger partial charge in [-0.25, -0.2) is 4.79 Å². The first-order chi connectivity index (χ1) is 12.8. The molecule has 0 saturated carbocycles. The lowest BCUT2D eigenvalue weighted by Gasteiger charge is -2.11. The molecular weight excluding hydrogens is 372 g/mol. The summed E-state index contributed by atoms with van der Waals surface area (Å²) in [6.07, 6.45) is 2.42. The quantitative estimate of drug-likeness (QED) is 0.348. The fraction of sp³-hybridized carbons (Fsp3) is 0.158. The molecule has 0 saturated heterocycles. The maximum atomic E-state index is 12.0. The number of aryl methyl sites for hydroxylation is 2. The van der Waals surface area contributed by atoms with Crippen LogP contribution in [0.2, 0.25) is 5.02 Å². The largest absolute Gasteiger partial charge is 0.452 e. The van der Waals surface area contributed by atoms with Gasteiger partial charge < -0.3 is 10.1 Å². The molecule has 0 heterocycles. The maximum absolute atomic E-state index is 12.0. The monoisotopic (exact) mass is 388 g/mol. The van der Waals surface area contributed by atoms with Crippen molar-refractivity contribution in [2.75, 3.05) is 11.9 Å². The lowest BCUT2D eigenvalue weighted by Crippen LogP contribution is -2.21. The molecule has 0 bridgehead atoms. The van der Waals surface area contributed by atoms with Crippen LogP contribution in [-0.4, -0.2) is 23.4 Å². The fourth-order valence-corrected chi connectivity index (χ4v) is 2.50. The van der Waals surface area contributed by atoms with E-state index in [1.807, 2.05) is 32.0 Å². The van der Waals surface area contributed by atoms with Gasteiger partial charge in [-0.2, -0.15) is 0 Å². The fourth-order valence-electron chi connectivity index (χ4n) is 2.31. The number of amides is 1. The number of nitro groups is 1. The first kappa shape index (κ1) is 20.1. The van der Waals surface area contributed by atoms with Gasteiger partial charge in [0.15, 0.2) is 6.61 Å². The van der Waals surface area contributed by atoms with E-state index >= 15 is 0 Å². The van der Waals surface area contributed by atoms with Gasteiger partial charge in [-0.3, -0.25) is 14.9 Å². The van der Waals surface area contributed by atoms with Crippen molar-refractivity contribution in [3.05, 3.63) is 74.3 Å². The number of nitro benzene ring substituents is 1. The van der Waals surface area contributed by atoms with Gasteiger partial charge in [-0.1, -0.05) is 35.9 Å². The molecule has 0 fully saturated rings. The summed E-state index contributed by atoms with van der Waals surface area (Å²) in [6.45, 7) is 3.28. The topological polar surface area (TPSA) is 98.5 Å². The molecule has 1 N–H and O–H groups in total. The Morgan fingerprint density at radius 2 is 1.89 bits per heavy atom. The number of carbonyl (C=O) groups excluding carboxylic acids is 2. The SMILES string of the molecule is Cc1cccc(C)c1NC(=O)COC(=O)/C=C/c1ccc(Cl)c([N+](=O)[O-])c1. The molecule has 7 nitrogen and oxygen atoms in total. The van der Waals surface area contributed by atoms with Crippen LogP contribution in [0.1, 0.15) is 16.7 Å². The molecule has 0 spiro atoms. The zero-order chi connectivity index (χ0) is 20.0. The molecule has 2 rings (SSSR count). The molecule has 0 aliphatic heterocycles. The second-order valence-corrected chi connectivity index (χ2v) is 6.13. The van der Waals surface area contributed by atoms with Crippen molar-refractivity contribution in [3.8, 4) is 0 Å². The van der Waals surface area contributed by atoms with Crippen LogP contribution in [0.25, 0.3) is 6.08 Å². The van der Waals surface area contributed by atoms with Crippen LogP contribution >= 0.6 is 11.6 Å². The number of ether oxygens (including phenoxy) is 1. The van der Waals surface area contributed by atoms with Crippen LogP contribution in [0, 0.1) is 24.0 Å². The Labute approximate surface area is 160 Å². The molecule has 27 heavy (non-hydrogen) atoms. The third kappa shape index (κ3) is 5.65. The van der Waals surface area contributed by atoms with Crippen molar-refractivity contribution in [1.82, 2.24) is 0 Å². The third-order valence-electron chi connectivity index (χ3n) is 3.67. The van der Waals surface area contributed by atoms with Crippen molar-refractivity contribution >= 4 is 40.9 Å². The molecule has 140 valence electrons. The van der Waals surface area contributed by atoms with Gasteiger partial charge in [0, 0.05) is 17.8 Å². The van der Waals surface area contributed by atoms with Crippen molar-refractivity contribution < 1.29 is 19.2 Å². The van der Waals surface area contributed by atoms with E-state index in [0.717, 1.165) is 17.2 Å². The highest BCUT2D eigenvalue weighted by Gasteiger charge is 2.12. The number of nitrogens with zero attached hydrogens (tertiary/aromatic N) is 1. The zero-order valence-electron chi connectivity index (χ0n) is 14.7. The molecule has 0 aromatic heterocycles. The lowest BCUT2D eigenvalue weighted by atomic mass is 10.1. The summed E-state index contributed by atoms with van der Waals surface area (Å²) >= 11 is 5.73. The van der Waals surface area contributed by atoms with Crippen LogP contribution in [0.15, 0.2) is 42.5 Å². The van der Waals surface area contributed by atoms with Gasteiger partial charge in [0.1, 0.15) is 5.02 Å². The van der Waals surface area contributed by atoms with Gasteiger partial charge in [0.05, 0.1) is 4.92 Å². The van der Waals surface area contributed by atoms with Crippen LogP contribution in [0.3, 0.4) is 0 Å². The zero-order valence-corrected chi connectivity index (χ0v) is 15.4. The summed E-state index contributed by atoms with van der Waals surface area (Å²) in [5, 5.41) is 13.6. The number of benzene rings is 2. The number of esters is 1. The van der Waals surface area contributed by atoms with Crippen molar-refractivity contribution in [3.63, 3.8) is 0 Å². The second kappa shape index (κ2) is 8.95. The summed E-state index contributed by atoms with van der Waals surface area (Å²) in [7, 11) is 0. The Morgan fingerprint density at radius 1 is 1.22 bits per heavy atom. The molecule has 0 aliphatic rings. The number of carbonyl (C=O) groups is 2. The molecule has 0 aliphatic carbocycles. The minimum Gasteiger partial charge on any atom is -0.452 e. The predicted molar refractivity (Wildman–Crippen MR) is 103 cm³/mol. The van der Waals surface area contributed by atoms with E-state index in [4.69, 9.17) is 16.3 Å². The average Bonchev–Trinajstić information content (AvgIpc) is 2.62. The van der Waals surface area contributed by atoms with E-state index in [9.17, 15) is 19.7 Å². The molecule has 0 unspecified atom stereocenters. The Bertz CT molecular complexity index is 904. The minimum absolute atomic E-state index is 0.00268. The number of hydrogen-bond donors (Lipinski definition) is 1. The third-order valence-corrected chi connectivity index (χ3v) is 3.99. The van der Waals surface area contributed by atoms with Crippen LogP contribution in [0.5, 0.6) is 0 Å². The van der Waals surface area contributed by atoms with Gasteiger partial charge in [0.2, 0.25) is 0 Å². The molecular formula is C19H17ClN2O5. The summed E-state index contributed by atoms with van der Waals surface area (Å²) < 4.78 is 4.88. The Morgan fingerprint density at radius 3 is 2.52 bits per heavy atom. The lowest BCUT2D eigenvalue weighted by molar-refractivity contribution is -0.384. The number of halogens is 1. The van der Waals surface area contributed by atoms with Gasteiger partial charge in [-0.15, -0.1) is 0 Å². The molecule has 0 atom stereocenters. The number of hydrogen-bond acceptors (Lipinski definition) is 5. The summed E-state index contributed by atoms with van der Waals surface area (Å²) in [5.74, 6) is -1.21. The van der Waals surface area contributed by atoms with Crippen molar-refractivity contribution in [1.29, 1.82) is 0 Å². The molecule has 8 heteroatoms. The maximum Gasteiger partial charge on any atom is 0.331 e. The number of nitrogens with one attached hydrogen (secondary N) is 1. The highest BCUT2D eigenvalue weighted by Crippen LogP contribution is 2.25. The van der Waals surface area contributed by atoms with Gasteiger partial charge >= 0.3 is 5.97 Å². The first-order valence-electron chi connectivity index (χ1n) is 7.93. The Kier molecular flexibility index (Phi) is 6.67. The molecule has 0 radical (unpaired) electrons. The molecule has 2 aromatic carbocycles. The van der Waals surface area contributed by atoms with Crippen molar-refractivity contribution in [2.45, 2.75) is 13.8 Å². The minimum atomic E-state index is -0.746. The first-order valence-corrected chi connectivity index (χ1v) is 8.30. The highest BCUT2D eigenvalue weighted by atomic mass is 35.5. The number of para-hydroxylation sites is 1. The van der Waals surface area contributed by atoms with E-state index in [1.54, 1.807) is 0 Å². The standard InChI is InChI=1S/C19H17ClN2O5/c1-12-4-3-5-13(2)19(12)21-17(23)11-27-18(24)9-7-14-6-8-15(20)16(10-14)22(25)26/h3-10H,11H2,1-2H3,(H,21,23)/b9-7+. The van der Waals surface area contributed by atoms with Crippen LogP contribution in [-0.2, 0) is 14.3 Å². The normalized spacial score (nSPS) is 10.6. The van der Waals surface area contributed by atoms with Crippen LogP contribution in [0.4, 0.5) is 11.4 Å². The highest BCUT2D eigenvalue weighted by molar-refractivity contribution is 6.32. The van der Waals surface area contributed by atoms with E-state index in [1.165, 1.54) is 24.3 Å². The molecule has 2 aromatic rings. The Hall–Kier alpha value is -3.19. The van der Waals surface area contributed by atoms with Gasteiger partial charge in [0.25, 0.3) is 11.6 Å². The predicted octanol–water partition coefficient (Wildman–Crippen LogP) is 4.06. The Balaban J connectivity index is 1.92. The summed E-state index contributed by atoms with van der Waals surface area (Å²) in [4.78, 5) is 33.9.